The SMILES string of the molecule is CNC1CCN(CCCOc2ccc3c(c2)C(=O)N(C2CCC(=O)NC2=O)C3=O)CC1. The van der Waals surface area contributed by atoms with E-state index in [0.717, 1.165) is 43.8 Å². The zero-order valence-corrected chi connectivity index (χ0v) is 17.7. The van der Waals surface area contributed by atoms with Gasteiger partial charge in [-0.2, -0.15) is 0 Å². The van der Waals surface area contributed by atoms with Crippen molar-refractivity contribution in [3.05, 3.63) is 29.3 Å². The fourth-order valence-electron chi connectivity index (χ4n) is 4.46. The summed E-state index contributed by atoms with van der Waals surface area (Å²) in [5.74, 6) is -1.50. The first-order valence-corrected chi connectivity index (χ1v) is 10.9. The predicted octanol–water partition coefficient (Wildman–Crippen LogP) is 0.541. The van der Waals surface area contributed by atoms with Gasteiger partial charge in [0.2, 0.25) is 11.8 Å². The van der Waals surface area contributed by atoms with Crippen LogP contribution < -0.4 is 15.4 Å². The van der Waals surface area contributed by atoms with E-state index in [9.17, 15) is 19.2 Å². The van der Waals surface area contributed by atoms with Crippen LogP contribution in [0.2, 0.25) is 0 Å². The molecule has 166 valence electrons. The Bertz CT molecular complexity index is 894. The second-order valence-electron chi connectivity index (χ2n) is 8.26. The van der Waals surface area contributed by atoms with Gasteiger partial charge in [-0.25, -0.2) is 0 Å². The molecule has 0 spiro atoms. The summed E-state index contributed by atoms with van der Waals surface area (Å²) in [5, 5.41) is 5.52. The van der Waals surface area contributed by atoms with Crippen LogP contribution in [-0.4, -0.2) is 78.8 Å². The summed E-state index contributed by atoms with van der Waals surface area (Å²) in [5.41, 5.74) is 0.496. The van der Waals surface area contributed by atoms with Crippen molar-refractivity contribution < 1.29 is 23.9 Å². The molecule has 9 nitrogen and oxygen atoms in total. The molecule has 1 aromatic rings. The summed E-state index contributed by atoms with van der Waals surface area (Å²) in [6.45, 7) is 3.64. The number of hydrogen-bond donors (Lipinski definition) is 2. The second kappa shape index (κ2) is 9.15. The molecule has 9 heteroatoms. The van der Waals surface area contributed by atoms with E-state index in [1.54, 1.807) is 18.2 Å². The fraction of sp³-hybridized carbons (Fsp3) is 0.545. The number of benzene rings is 1. The lowest BCUT2D eigenvalue weighted by molar-refractivity contribution is -0.136. The van der Waals surface area contributed by atoms with Gasteiger partial charge in [-0.15, -0.1) is 0 Å². The smallest absolute Gasteiger partial charge is 0.262 e. The van der Waals surface area contributed by atoms with Gasteiger partial charge in [0.25, 0.3) is 11.8 Å². The zero-order chi connectivity index (χ0) is 22.0. The van der Waals surface area contributed by atoms with Gasteiger partial charge in [0.15, 0.2) is 0 Å². The average Bonchev–Trinajstić information content (AvgIpc) is 3.02. The normalized spacial score (nSPS) is 22.6. The van der Waals surface area contributed by atoms with E-state index in [-0.39, 0.29) is 29.9 Å². The number of nitrogens with one attached hydrogen (secondary N) is 2. The highest BCUT2D eigenvalue weighted by Crippen LogP contribution is 2.30. The van der Waals surface area contributed by atoms with E-state index in [4.69, 9.17) is 4.74 Å². The van der Waals surface area contributed by atoms with Gasteiger partial charge in [-0.1, -0.05) is 0 Å². The third-order valence-corrected chi connectivity index (χ3v) is 6.29. The third-order valence-electron chi connectivity index (χ3n) is 6.29. The Morgan fingerprint density at radius 3 is 2.52 bits per heavy atom. The maximum atomic E-state index is 12.8. The van der Waals surface area contributed by atoms with Crippen LogP contribution in [0.5, 0.6) is 5.75 Å². The third kappa shape index (κ3) is 4.47. The van der Waals surface area contributed by atoms with Crippen molar-refractivity contribution in [2.24, 2.45) is 0 Å². The molecule has 0 radical (unpaired) electrons. The monoisotopic (exact) mass is 428 g/mol. The number of amides is 4. The lowest BCUT2D eigenvalue weighted by atomic mass is 10.0. The van der Waals surface area contributed by atoms with Crippen molar-refractivity contribution in [3.63, 3.8) is 0 Å². The van der Waals surface area contributed by atoms with Gasteiger partial charge >= 0.3 is 0 Å². The Labute approximate surface area is 181 Å². The molecule has 3 aliphatic heterocycles. The Morgan fingerprint density at radius 1 is 1.06 bits per heavy atom. The average molecular weight is 428 g/mol. The first-order valence-electron chi connectivity index (χ1n) is 10.9. The number of piperidine rings is 2. The highest BCUT2D eigenvalue weighted by molar-refractivity contribution is 6.23. The molecular formula is C22H28N4O5. The van der Waals surface area contributed by atoms with Crippen LogP contribution in [-0.2, 0) is 9.59 Å². The lowest BCUT2D eigenvalue weighted by Crippen LogP contribution is -2.54. The van der Waals surface area contributed by atoms with Crippen LogP contribution in [0.25, 0.3) is 0 Å². The summed E-state index contributed by atoms with van der Waals surface area (Å²) >= 11 is 0. The van der Waals surface area contributed by atoms with Gasteiger partial charge < -0.3 is 15.0 Å². The quantitative estimate of drug-likeness (QED) is 0.482. The molecule has 3 aliphatic rings. The summed E-state index contributed by atoms with van der Waals surface area (Å²) in [4.78, 5) is 52.5. The van der Waals surface area contributed by atoms with Gasteiger partial charge in [0, 0.05) is 19.0 Å². The number of nitrogens with zero attached hydrogens (tertiary/aromatic N) is 2. The largest absolute Gasteiger partial charge is 0.494 e. The van der Waals surface area contributed by atoms with Crippen molar-refractivity contribution in [2.45, 2.75) is 44.2 Å². The molecule has 4 amide bonds. The maximum Gasteiger partial charge on any atom is 0.262 e. The number of likely N-dealkylation sites (tertiary alicyclic amines) is 1. The first kappa shape index (κ1) is 21.5. The first-order chi connectivity index (χ1) is 15.0. The number of rotatable bonds is 7. The summed E-state index contributed by atoms with van der Waals surface area (Å²) in [7, 11) is 2.01. The number of ether oxygens (including phenoxy) is 1. The molecule has 2 saturated heterocycles. The highest BCUT2D eigenvalue weighted by atomic mass is 16.5. The van der Waals surface area contributed by atoms with Crippen LogP contribution in [0, 0.1) is 0 Å². The van der Waals surface area contributed by atoms with Crippen molar-refractivity contribution in [1.29, 1.82) is 0 Å². The highest BCUT2D eigenvalue weighted by Gasteiger charge is 2.44. The molecule has 1 aromatic carbocycles. The molecular weight excluding hydrogens is 400 g/mol. The van der Waals surface area contributed by atoms with Crippen molar-refractivity contribution >= 4 is 23.6 Å². The van der Waals surface area contributed by atoms with E-state index in [1.807, 2.05) is 7.05 Å². The molecule has 2 fully saturated rings. The predicted molar refractivity (Wildman–Crippen MR) is 112 cm³/mol. The number of fused-ring (bicyclic) bond motifs is 1. The van der Waals surface area contributed by atoms with E-state index in [0.29, 0.717) is 18.4 Å². The van der Waals surface area contributed by atoms with E-state index in [2.05, 4.69) is 15.5 Å². The van der Waals surface area contributed by atoms with E-state index in [1.165, 1.54) is 0 Å². The van der Waals surface area contributed by atoms with Crippen LogP contribution in [0.3, 0.4) is 0 Å². The summed E-state index contributed by atoms with van der Waals surface area (Å²) in [6, 6.07) is 4.47. The summed E-state index contributed by atoms with van der Waals surface area (Å²) in [6.07, 6.45) is 3.43. The van der Waals surface area contributed by atoms with Crippen molar-refractivity contribution in [2.75, 3.05) is 33.3 Å². The molecule has 1 atom stereocenters. The molecule has 4 rings (SSSR count). The van der Waals surface area contributed by atoms with E-state index >= 15 is 0 Å². The summed E-state index contributed by atoms with van der Waals surface area (Å²) < 4.78 is 5.82. The molecule has 3 heterocycles. The van der Waals surface area contributed by atoms with Gasteiger partial charge in [-0.05, 0) is 64.0 Å². The topological polar surface area (TPSA) is 108 Å². The number of carbonyl (C=O) groups is 4. The molecule has 2 N–H and O–H groups in total. The maximum absolute atomic E-state index is 12.8. The molecule has 0 aromatic heterocycles. The van der Waals surface area contributed by atoms with Crippen LogP contribution in [0.1, 0.15) is 52.8 Å². The minimum atomic E-state index is -0.957. The lowest BCUT2D eigenvalue weighted by Gasteiger charge is -2.31. The molecule has 31 heavy (non-hydrogen) atoms. The van der Waals surface area contributed by atoms with Crippen molar-refractivity contribution in [1.82, 2.24) is 20.4 Å². The Kier molecular flexibility index (Phi) is 6.33. The zero-order valence-electron chi connectivity index (χ0n) is 17.7. The number of hydrogen-bond acceptors (Lipinski definition) is 7. The number of carbonyl (C=O) groups excluding carboxylic acids is 4. The Hall–Kier alpha value is -2.78. The standard InChI is InChI=1S/C22H28N4O5/c1-23-14-7-10-25(11-8-14)9-2-12-31-15-3-4-16-17(13-15)22(30)26(21(16)29)18-5-6-19(27)24-20(18)28/h3-4,13-14,18,23H,2,5-12H2,1H3,(H,24,27,28). The molecule has 1 unspecified atom stereocenters. The van der Waals surface area contributed by atoms with Gasteiger partial charge in [-0.3, -0.25) is 29.4 Å². The van der Waals surface area contributed by atoms with Gasteiger partial charge in [0.1, 0.15) is 11.8 Å². The second-order valence-corrected chi connectivity index (χ2v) is 8.26. The molecule has 0 saturated carbocycles. The minimum Gasteiger partial charge on any atom is -0.494 e. The fourth-order valence-corrected chi connectivity index (χ4v) is 4.46. The molecule has 0 bridgehead atoms. The van der Waals surface area contributed by atoms with Crippen molar-refractivity contribution in [3.8, 4) is 5.75 Å². The van der Waals surface area contributed by atoms with Crippen LogP contribution in [0.4, 0.5) is 0 Å². The molecule has 0 aliphatic carbocycles. The number of imide groups is 2. The van der Waals surface area contributed by atoms with Crippen LogP contribution in [0.15, 0.2) is 18.2 Å². The Morgan fingerprint density at radius 2 is 1.81 bits per heavy atom. The van der Waals surface area contributed by atoms with E-state index < -0.39 is 23.8 Å². The minimum absolute atomic E-state index is 0.102. The Balaban J connectivity index is 1.32. The van der Waals surface area contributed by atoms with Crippen LogP contribution >= 0.6 is 0 Å². The van der Waals surface area contributed by atoms with Gasteiger partial charge in [0.05, 0.1) is 17.7 Å².